The molecule has 0 saturated carbocycles. The first-order valence-electron chi connectivity index (χ1n) is 5.67. The predicted octanol–water partition coefficient (Wildman–Crippen LogP) is 4.78. The van der Waals surface area contributed by atoms with E-state index in [0.29, 0.717) is 6.61 Å². The van der Waals surface area contributed by atoms with Gasteiger partial charge in [0.25, 0.3) is 0 Å². The maximum absolute atomic E-state index is 5.74. The Morgan fingerprint density at radius 3 is 2.35 bits per heavy atom. The SMILES string of the molecule is CCc1ccc(COc2ccc(CBr)cc2)s1. The fourth-order valence-electron chi connectivity index (χ4n) is 1.52. The van der Waals surface area contributed by atoms with E-state index < -0.39 is 0 Å². The number of hydrogen-bond acceptors (Lipinski definition) is 2. The Morgan fingerprint density at radius 2 is 1.76 bits per heavy atom. The maximum atomic E-state index is 5.74. The lowest BCUT2D eigenvalue weighted by molar-refractivity contribution is 0.310. The third-order valence-corrected chi connectivity index (χ3v) is 4.38. The lowest BCUT2D eigenvalue weighted by Crippen LogP contribution is -1.92. The highest BCUT2D eigenvalue weighted by Crippen LogP contribution is 2.20. The summed E-state index contributed by atoms with van der Waals surface area (Å²) in [7, 11) is 0. The largest absolute Gasteiger partial charge is 0.488 e. The van der Waals surface area contributed by atoms with Crippen LogP contribution in [0, 0.1) is 0 Å². The molecule has 1 aromatic heterocycles. The van der Waals surface area contributed by atoms with Gasteiger partial charge in [-0.2, -0.15) is 0 Å². The van der Waals surface area contributed by atoms with Crippen LogP contribution in [0.1, 0.15) is 22.2 Å². The van der Waals surface area contributed by atoms with Crippen molar-refractivity contribution in [2.45, 2.75) is 25.3 Å². The highest BCUT2D eigenvalue weighted by atomic mass is 79.9. The topological polar surface area (TPSA) is 9.23 Å². The van der Waals surface area contributed by atoms with Gasteiger partial charge in [0, 0.05) is 15.1 Å². The molecule has 0 atom stereocenters. The van der Waals surface area contributed by atoms with Crippen molar-refractivity contribution in [3.05, 3.63) is 51.7 Å². The second-order valence-corrected chi connectivity index (χ2v) is 5.60. The number of alkyl halides is 1. The second kappa shape index (κ2) is 6.22. The zero-order valence-corrected chi connectivity index (χ0v) is 12.2. The molecule has 0 bridgehead atoms. The Balaban J connectivity index is 1.92. The Kier molecular flexibility index (Phi) is 4.63. The van der Waals surface area contributed by atoms with E-state index in [0.717, 1.165) is 17.5 Å². The summed E-state index contributed by atoms with van der Waals surface area (Å²) in [6.45, 7) is 2.84. The summed E-state index contributed by atoms with van der Waals surface area (Å²) < 4.78 is 5.74. The van der Waals surface area contributed by atoms with E-state index >= 15 is 0 Å². The average Bonchev–Trinajstić information content (AvgIpc) is 2.85. The van der Waals surface area contributed by atoms with Crippen LogP contribution in [0.25, 0.3) is 0 Å². The molecule has 0 N–H and O–H groups in total. The molecule has 0 radical (unpaired) electrons. The number of hydrogen-bond donors (Lipinski definition) is 0. The third kappa shape index (κ3) is 3.58. The molecule has 3 heteroatoms. The Morgan fingerprint density at radius 1 is 1.06 bits per heavy atom. The highest BCUT2D eigenvalue weighted by molar-refractivity contribution is 9.08. The normalized spacial score (nSPS) is 10.5. The molecule has 0 aliphatic rings. The molecule has 1 aromatic carbocycles. The number of halogens is 1. The summed E-state index contributed by atoms with van der Waals surface area (Å²) in [4.78, 5) is 2.70. The lowest BCUT2D eigenvalue weighted by Gasteiger charge is -2.04. The van der Waals surface area contributed by atoms with Crippen molar-refractivity contribution in [1.29, 1.82) is 0 Å². The van der Waals surface area contributed by atoms with Crippen LogP contribution in [-0.2, 0) is 18.4 Å². The number of ether oxygens (including phenoxy) is 1. The van der Waals surface area contributed by atoms with Gasteiger partial charge in [-0.15, -0.1) is 11.3 Å². The van der Waals surface area contributed by atoms with Crippen molar-refractivity contribution >= 4 is 27.3 Å². The minimum atomic E-state index is 0.665. The van der Waals surface area contributed by atoms with Gasteiger partial charge < -0.3 is 4.74 Å². The lowest BCUT2D eigenvalue weighted by atomic mass is 10.2. The maximum Gasteiger partial charge on any atom is 0.122 e. The summed E-state index contributed by atoms with van der Waals surface area (Å²) >= 11 is 5.26. The Hall–Kier alpha value is -0.800. The van der Waals surface area contributed by atoms with Crippen molar-refractivity contribution in [2.24, 2.45) is 0 Å². The molecule has 0 fully saturated rings. The quantitative estimate of drug-likeness (QED) is 0.722. The monoisotopic (exact) mass is 310 g/mol. The van der Waals surface area contributed by atoms with Gasteiger partial charge in [0.2, 0.25) is 0 Å². The number of rotatable bonds is 5. The van der Waals surface area contributed by atoms with E-state index in [-0.39, 0.29) is 0 Å². The zero-order valence-electron chi connectivity index (χ0n) is 9.78. The molecule has 0 saturated heterocycles. The van der Waals surface area contributed by atoms with Crippen molar-refractivity contribution < 1.29 is 4.74 Å². The molecule has 0 aliphatic heterocycles. The van der Waals surface area contributed by atoms with Crippen LogP contribution in [0.2, 0.25) is 0 Å². The van der Waals surface area contributed by atoms with Gasteiger partial charge in [0.1, 0.15) is 12.4 Å². The Labute approximate surface area is 115 Å². The molecule has 2 rings (SSSR count). The van der Waals surface area contributed by atoms with Crippen LogP contribution in [0.4, 0.5) is 0 Å². The number of benzene rings is 1. The number of aryl methyl sites for hydroxylation is 1. The summed E-state index contributed by atoms with van der Waals surface area (Å²) in [5.74, 6) is 0.932. The van der Waals surface area contributed by atoms with E-state index in [4.69, 9.17) is 4.74 Å². The predicted molar refractivity (Wildman–Crippen MR) is 77.1 cm³/mol. The van der Waals surface area contributed by atoms with Crippen LogP contribution < -0.4 is 4.74 Å². The van der Waals surface area contributed by atoms with Gasteiger partial charge in [-0.3, -0.25) is 0 Å². The van der Waals surface area contributed by atoms with Gasteiger partial charge in [-0.1, -0.05) is 35.0 Å². The third-order valence-electron chi connectivity index (χ3n) is 2.52. The van der Waals surface area contributed by atoms with E-state index in [1.54, 1.807) is 0 Å². The van der Waals surface area contributed by atoms with E-state index in [1.807, 2.05) is 23.5 Å². The van der Waals surface area contributed by atoms with Gasteiger partial charge in [0.15, 0.2) is 0 Å². The van der Waals surface area contributed by atoms with Crippen molar-refractivity contribution in [3.8, 4) is 5.75 Å². The summed E-state index contributed by atoms with van der Waals surface area (Å²) in [6.07, 6.45) is 1.10. The first-order chi connectivity index (χ1) is 8.31. The summed E-state index contributed by atoms with van der Waals surface area (Å²) in [5.41, 5.74) is 1.27. The molecule has 90 valence electrons. The van der Waals surface area contributed by atoms with Crippen LogP contribution in [0.3, 0.4) is 0 Å². The van der Waals surface area contributed by atoms with Gasteiger partial charge in [-0.05, 0) is 36.2 Å². The van der Waals surface area contributed by atoms with Gasteiger partial charge >= 0.3 is 0 Å². The second-order valence-electron chi connectivity index (χ2n) is 3.79. The van der Waals surface area contributed by atoms with E-state index in [9.17, 15) is 0 Å². The minimum absolute atomic E-state index is 0.665. The van der Waals surface area contributed by atoms with Crippen molar-refractivity contribution in [3.63, 3.8) is 0 Å². The zero-order chi connectivity index (χ0) is 12.1. The van der Waals surface area contributed by atoms with Crippen molar-refractivity contribution in [2.75, 3.05) is 0 Å². The molecule has 1 nitrogen and oxygen atoms in total. The molecule has 0 amide bonds. The minimum Gasteiger partial charge on any atom is -0.488 e. The van der Waals surface area contributed by atoms with Gasteiger partial charge in [-0.25, -0.2) is 0 Å². The summed E-state index contributed by atoms with van der Waals surface area (Å²) in [6, 6.07) is 12.5. The molecule has 0 aliphatic carbocycles. The molecular weight excluding hydrogens is 296 g/mol. The number of thiophene rings is 1. The molecule has 1 heterocycles. The molecular formula is C14H15BrOS. The smallest absolute Gasteiger partial charge is 0.122 e. The standard InChI is InChI=1S/C14H15BrOS/c1-2-13-7-8-14(17-13)10-16-12-5-3-11(9-15)4-6-12/h3-8H,2,9-10H2,1H3. The van der Waals surface area contributed by atoms with E-state index in [1.165, 1.54) is 15.3 Å². The van der Waals surface area contributed by atoms with Crippen LogP contribution in [0.5, 0.6) is 5.75 Å². The van der Waals surface area contributed by atoms with Crippen LogP contribution in [0.15, 0.2) is 36.4 Å². The first kappa shape index (κ1) is 12.7. The molecule has 0 unspecified atom stereocenters. The first-order valence-corrected chi connectivity index (χ1v) is 7.61. The average molecular weight is 311 g/mol. The summed E-state index contributed by atoms with van der Waals surface area (Å²) in [5, 5.41) is 0.887. The molecule has 17 heavy (non-hydrogen) atoms. The van der Waals surface area contributed by atoms with Crippen LogP contribution >= 0.6 is 27.3 Å². The van der Waals surface area contributed by atoms with Crippen LogP contribution in [-0.4, -0.2) is 0 Å². The van der Waals surface area contributed by atoms with Crippen molar-refractivity contribution in [1.82, 2.24) is 0 Å². The molecule has 2 aromatic rings. The molecule has 0 spiro atoms. The van der Waals surface area contributed by atoms with Gasteiger partial charge in [0.05, 0.1) is 0 Å². The fraction of sp³-hybridized carbons (Fsp3) is 0.286. The Bertz CT molecular complexity index is 461. The highest BCUT2D eigenvalue weighted by Gasteiger charge is 2.00. The fourth-order valence-corrected chi connectivity index (χ4v) is 2.76. The van der Waals surface area contributed by atoms with E-state index in [2.05, 4.69) is 47.1 Å².